The molecule has 0 radical (unpaired) electrons. The molecule has 3 rings (SSSR count). The molecule has 2 aromatic heterocycles. The van der Waals surface area contributed by atoms with Crippen molar-refractivity contribution in [3.63, 3.8) is 0 Å². The van der Waals surface area contributed by atoms with Crippen LogP contribution in [0.15, 0.2) is 42.7 Å². The van der Waals surface area contributed by atoms with Gasteiger partial charge in [0, 0.05) is 36.3 Å². The third-order valence-electron chi connectivity index (χ3n) is 3.27. The highest BCUT2D eigenvalue weighted by molar-refractivity contribution is 6.08. The molecule has 0 N–H and O–H groups in total. The van der Waals surface area contributed by atoms with Crippen molar-refractivity contribution in [3.8, 4) is 0 Å². The molecule has 100 valence electrons. The lowest BCUT2D eigenvalue weighted by molar-refractivity contribution is 0.0994. The molecule has 0 aliphatic rings. The van der Waals surface area contributed by atoms with Crippen molar-refractivity contribution in [1.29, 1.82) is 0 Å². The molecule has 0 aliphatic carbocycles. The van der Waals surface area contributed by atoms with Gasteiger partial charge in [0.2, 0.25) is 0 Å². The second-order valence-corrected chi connectivity index (χ2v) is 4.95. The molecule has 2 heterocycles. The number of rotatable bonds is 3. The number of aromatic nitrogens is 3. The second kappa shape index (κ2) is 4.89. The van der Waals surface area contributed by atoms with Crippen LogP contribution >= 0.6 is 0 Å². The van der Waals surface area contributed by atoms with Crippen molar-refractivity contribution >= 4 is 16.7 Å². The number of Topliss-reactive ketones (excluding diaryl/α,β-unsaturated/α-hetero) is 1. The van der Waals surface area contributed by atoms with Crippen molar-refractivity contribution in [2.45, 2.75) is 13.3 Å². The lowest BCUT2D eigenvalue weighted by Crippen LogP contribution is -2.05. The van der Waals surface area contributed by atoms with Gasteiger partial charge in [0.1, 0.15) is 0 Å². The number of fused-ring (bicyclic) bond motifs is 1. The van der Waals surface area contributed by atoms with Gasteiger partial charge in [-0.15, -0.1) is 0 Å². The van der Waals surface area contributed by atoms with Gasteiger partial charge in [-0.3, -0.25) is 14.5 Å². The van der Waals surface area contributed by atoms with Gasteiger partial charge in [0.25, 0.3) is 0 Å². The van der Waals surface area contributed by atoms with Crippen LogP contribution in [0, 0.1) is 6.92 Å². The number of nitrogens with zero attached hydrogens (tertiary/aromatic N) is 3. The molecule has 0 aliphatic heterocycles. The molecule has 0 saturated heterocycles. The highest BCUT2D eigenvalue weighted by Gasteiger charge is 2.13. The molecule has 0 atom stereocenters. The molecular formula is C16H15N3O. The van der Waals surface area contributed by atoms with Crippen molar-refractivity contribution in [1.82, 2.24) is 14.8 Å². The first-order valence-corrected chi connectivity index (χ1v) is 6.50. The second-order valence-electron chi connectivity index (χ2n) is 4.95. The topological polar surface area (TPSA) is 47.8 Å². The molecule has 20 heavy (non-hydrogen) atoms. The monoisotopic (exact) mass is 265 g/mol. The van der Waals surface area contributed by atoms with Crippen molar-refractivity contribution in [2.24, 2.45) is 7.05 Å². The number of pyridine rings is 1. The first kappa shape index (κ1) is 12.5. The average Bonchev–Trinajstić information content (AvgIpc) is 2.83. The fourth-order valence-corrected chi connectivity index (χ4v) is 2.38. The summed E-state index contributed by atoms with van der Waals surface area (Å²) in [6.45, 7) is 1.91. The maximum absolute atomic E-state index is 12.5. The molecule has 1 aromatic carbocycles. The van der Waals surface area contributed by atoms with Crippen LogP contribution in [0.2, 0.25) is 0 Å². The van der Waals surface area contributed by atoms with E-state index in [0.29, 0.717) is 6.42 Å². The summed E-state index contributed by atoms with van der Waals surface area (Å²) in [7, 11) is 1.85. The van der Waals surface area contributed by atoms with Crippen LogP contribution in [0.4, 0.5) is 0 Å². The number of carbonyl (C=O) groups excluding carboxylic acids is 1. The van der Waals surface area contributed by atoms with E-state index in [1.807, 2.05) is 50.5 Å². The summed E-state index contributed by atoms with van der Waals surface area (Å²) in [4.78, 5) is 17.0. The molecule has 3 aromatic rings. The Bertz CT molecular complexity index is 789. The van der Waals surface area contributed by atoms with E-state index < -0.39 is 0 Å². The number of carbonyl (C=O) groups is 1. The first-order valence-electron chi connectivity index (χ1n) is 6.50. The summed E-state index contributed by atoms with van der Waals surface area (Å²) in [6.07, 6.45) is 3.96. The van der Waals surface area contributed by atoms with Gasteiger partial charge in [0.15, 0.2) is 5.78 Å². The fraction of sp³-hybridized carbons (Fsp3) is 0.188. The van der Waals surface area contributed by atoms with E-state index in [-0.39, 0.29) is 5.78 Å². The van der Waals surface area contributed by atoms with Crippen LogP contribution < -0.4 is 0 Å². The zero-order valence-electron chi connectivity index (χ0n) is 11.5. The van der Waals surface area contributed by atoms with Crippen LogP contribution in [0.1, 0.15) is 21.6 Å². The summed E-state index contributed by atoms with van der Waals surface area (Å²) < 4.78 is 1.71. The van der Waals surface area contributed by atoms with E-state index in [9.17, 15) is 4.79 Å². The summed E-state index contributed by atoms with van der Waals surface area (Å²) in [5.41, 5.74) is 3.38. The van der Waals surface area contributed by atoms with Crippen molar-refractivity contribution in [3.05, 3.63) is 59.5 Å². The Morgan fingerprint density at radius 2 is 2.10 bits per heavy atom. The van der Waals surface area contributed by atoms with E-state index in [0.717, 1.165) is 27.7 Å². The summed E-state index contributed by atoms with van der Waals surface area (Å²) in [5, 5.41) is 5.00. The van der Waals surface area contributed by atoms with E-state index in [1.54, 1.807) is 10.9 Å². The number of ketones is 1. The Balaban J connectivity index is 2.02. The Morgan fingerprint density at radius 1 is 1.30 bits per heavy atom. The lowest BCUT2D eigenvalue weighted by Gasteiger charge is -2.06. The minimum Gasteiger partial charge on any atom is -0.294 e. The number of benzene rings is 1. The molecule has 0 saturated carbocycles. The molecule has 0 amide bonds. The Kier molecular flexibility index (Phi) is 3.06. The van der Waals surface area contributed by atoms with Crippen molar-refractivity contribution < 1.29 is 4.79 Å². The Hall–Kier alpha value is -2.49. The normalized spacial score (nSPS) is 10.9. The SMILES string of the molecule is Cc1cc(C(=O)Cc2cnn(C)c2)c2ccccc2n1. The van der Waals surface area contributed by atoms with Gasteiger partial charge in [-0.1, -0.05) is 18.2 Å². The van der Waals surface area contributed by atoms with Gasteiger partial charge in [-0.2, -0.15) is 5.10 Å². The predicted molar refractivity (Wildman–Crippen MR) is 77.7 cm³/mol. The third kappa shape index (κ3) is 2.32. The summed E-state index contributed by atoms with van der Waals surface area (Å²) >= 11 is 0. The fourth-order valence-electron chi connectivity index (χ4n) is 2.38. The summed E-state index contributed by atoms with van der Waals surface area (Å²) in [5.74, 6) is 0.0969. The largest absolute Gasteiger partial charge is 0.294 e. The molecule has 0 spiro atoms. The van der Waals surface area contributed by atoms with Gasteiger partial charge >= 0.3 is 0 Å². The van der Waals surface area contributed by atoms with E-state index in [1.165, 1.54) is 0 Å². The minimum absolute atomic E-state index is 0.0969. The predicted octanol–water partition coefficient (Wildman–Crippen LogP) is 2.70. The van der Waals surface area contributed by atoms with Gasteiger partial charge in [0.05, 0.1) is 11.7 Å². The Morgan fingerprint density at radius 3 is 2.85 bits per heavy atom. The molecule has 0 unspecified atom stereocenters. The van der Waals surface area contributed by atoms with E-state index in [2.05, 4.69) is 10.1 Å². The molecule has 4 heteroatoms. The van der Waals surface area contributed by atoms with Gasteiger partial charge in [-0.05, 0) is 24.6 Å². The van der Waals surface area contributed by atoms with Crippen LogP contribution in [-0.2, 0) is 13.5 Å². The average molecular weight is 265 g/mol. The Labute approximate surface area is 117 Å². The van der Waals surface area contributed by atoms with Crippen molar-refractivity contribution in [2.75, 3.05) is 0 Å². The number of aryl methyl sites for hydroxylation is 2. The van der Waals surface area contributed by atoms with Crippen LogP contribution in [0.25, 0.3) is 10.9 Å². The van der Waals surface area contributed by atoms with Gasteiger partial charge < -0.3 is 0 Å². The molecular weight excluding hydrogens is 250 g/mol. The molecule has 4 nitrogen and oxygen atoms in total. The lowest BCUT2D eigenvalue weighted by atomic mass is 10.0. The molecule has 0 fully saturated rings. The standard InChI is InChI=1S/C16H15N3O/c1-11-7-14(13-5-3-4-6-15(13)18-11)16(20)8-12-9-17-19(2)10-12/h3-7,9-10H,8H2,1-2H3. The van der Waals surface area contributed by atoms with E-state index in [4.69, 9.17) is 0 Å². The van der Waals surface area contributed by atoms with E-state index >= 15 is 0 Å². The maximum Gasteiger partial charge on any atom is 0.168 e. The highest BCUT2D eigenvalue weighted by atomic mass is 16.1. The first-order chi connectivity index (χ1) is 9.63. The number of hydrogen-bond acceptors (Lipinski definition) is 3. The smallest absolute Gasteiger partial charge is 0.168 e. The van der Waals surface area contributed by atoms with Crippen LogP contribution in [0.5, 0.6) is 0 Å². The quantitative estimate of drug-likeness (QED) is 0.684. The zero-order chi connectivity index (χ0) is 14.1. The number of para-hydroxylation sites is 1. The van der Waals surface area contributed by atoms with Crippen LogP contribution in [-0.4, -0.2) is 20.5 Å². The number of hydrogen-bond donors (Lipinski definition) is 0. The minimum atomic E-state index is 0.0969. The van der Waals surface area contributed by atoms with Crippen LogP contribution in [0.3, 0.4) is 0 Å². The maximum atomic E-state index is 12.5. The van der Waals surface area contributed by atoms with Gasteiger partial charge in [-0.25, -0.2) is 0 Å². The highest BCUT2D eigenvalue weighted by Crippen LogP contribution is 2.20. The third-order valence-corrected chi connectivity index (χ3v) is 3.27. The summed E-state index contributed by atoms with van der Waals surface area (Å²) in [6, 6.07) is 9.60. The zero-order valence-corrected chi connectivity index (χ0v) is 11.5. The molecule has 0 bridgehead atoms.